The molecule has 33 heavy (non-hydrogen) atoms. The largest absolute Gasteiger partial charge is 0.477 e. The van der Waals surface area contributed by atoms with E-state index >= 15 is 0 Å². The van der Waals surface area contributed by atoms with Gasteiger partial charge in [0.25, 0.3) is 10.0 Å². The van der Waals surface area contributed by atoms with Gasteiger partial charge in [-0.1, -0.05) is 40.5 Å². The van der Waals surface area contributed by atoms with Crippen LogP contribution in [-0.2, 0) is 26.1 Å². The third kappa shape index (κ3) is 6.68. The van der Waals surface area contributed by atoms with Gasteiger partial charge in [-0.3, -0.25) is 0 Å². The van der Waals surface area contributed by atoms with E-state index in [1.54, 1.807) is 6.07 Å². The van der Waals surface area contributed by atoms with Crippen LogP contribution in [0, 0.1) is 0 Å². The molecule has 0 aliphatic carbocycles. The molecule has 1 atom stereocenters. The number of carbonyl (C=O) groups is 1. The van der Waals surface area contributed by atoms with Crippen LogP contribution < -0.4 is 5.73 Å². The molecule has 1 unspecified atom stereocenters. The number of nitrogens with two attached hydrogens (primary N) is 1. The molecule has 0 bridgehead atoms. The van der Waals surface area contributed by atoms with Crippen LogP contribution in [0.1, 0.15) is 31.7 Å². The summed E-state index contributed by atoms with van der Waals surface area (Å²) in [7, 11) is -3.56. The molecule has 2 aromatic rings. The highest BCUT2D eigenvalue weighted by molar-refractivity contribution is 7.91. The Hall–Kier alpha value is -1.69. The molecule has 3 N–H and O–H groups in total. The highest BCUT2D eigenvalue weighted by Crippen LogP contribution is 2.37. The molecule has 0 amide bonds. The lowest BCUT2D eigenvalue weighted by Gasteiger charge is -2.36. The molecule has 1 aromatic heterocycles. The van der Waals surface area contributed by atoms with Crippen LogP contribution >= 0.6 is 34.5 Å². The van der Waals surface area contributed by atoms with Gasteiger partial charge < -0.3 is 15.7 Å². The lowest BCUT2D eigenvalue weighted by Crippen LogP contribution is -2.46. The summed E-state index contributed by atoms with van der Waals surface area (Å²) in [5.41, 5.74) is 6.17. The molecule has 0 saturated carbocycles. The van der Waals surface area contributed by atoms with Crippen molar-refractivity contribution in [3.8, 4) is 0 Å². The summed E-state index contributed by atoms with van der Waals surface area (Å²) < 4.78 is 27.0. The van der Waals surface area contributed by atoms with Crippen molar-refractivity contribution in [2.24, 2.45) is 10.9 Å². The SMILES string of the molecule is CC(N)Cc1ccc(Cl)cc1.O=C(O)C1=NOC2(CCN(S(=O)(=O)c3ccc(Cl)s3)CC2)C1. The van der Waals surface area contributed by atoms with Gasteiger partial charge >= 0.3 is 5.97 Å². The molecule has 4 rings (SSSR count). The van der Waals surface area contributed by atoms with E-state index in [1.165, 1.54) is 15.9 Å². The van der Waals surface area contributed by atoms with Crippen molar-refractivity contribution in [1.82, 2.24) is 4.31 Å². The van der Waals surface area contributed by atoms with Gasteiger partial charge in [-0.05, 0) is 43.2 Å². The molecule has 3 heterocycles. The highest BCUT2D eigenvalue weighted by atomic mass is 35.5. The van der Waals surface area contributed by atoms with Crippen LogP contribution in [0.15, 0.2) is 45.8 Å². The maximum absolute atomic E-state index is 12.5. The lowest BCUT2D eigenvalue weighted by atomic mass is 9.88. The predicted molar refractivity (Wildman–Crippen MR) is 130 cm³/mol. The standard InChI is InChI=1S/C12H13ClN2O5S2.C9H12ClN/c13-9-1-2-10(21-9)22(18,19)15-5-3-12(4-6-15)7-8(11(16)17)14-20-12;1-7(11)6-8-2-4-9(10)5-3-8/h1-2H,3-7H2,(H,16,17);2-5,7H,6,11H2,1H3. The summed E-state index contributed by atoms with van der Waals surface area (Å²) in [6.45, 7) is 2.52. The first-order valence-electron chi connectivity index (χ1n) is 10.2. The van der Waals surface area contributed by atoms with Gasteiger partial charge in [0.15, 0.2) is 5.71 Å². The summed E-state index contributed by atoms with van der Waals surface area (Å²) >= 11 is 12.5. The molecule has 2 aliphatic heterocycles. The third-order valence-electron chi connectivity index (χ3n) is 5.33. The number of oxime groups is 1. The molecule has 8 nitrogen and oxygen atoms in total. The van der Waals surface area contributed by atoms with Crippen molar-refractivity contribution in [2.45, 2.75) is 48.5 Å². The smallest absolute Gasteiger partial charge is 0.353 e. The zero-order valence-electron chi connectivity index (χ0n) is 17.9. The number of sulfonamides is 1. The fourth-order valence-corrected chi connectivity index (χ4v) is 6.80. The Morgan fingerprint density at radius 3 is 2.36 bits per heavy atom. The van der Waals surface area contributed by atoms with Gasteiger partial charge in [0, 0.05) is 43.4 Å². The number of piperidine rings is 1. The van der Waals surface area contributed by atoms with Crippen molar-refractivity contribution in [2.75, 3.05) is 13.1 Å². The lowest BCUT2D eigenvalue weighted by molar-refractivity contribution is -0.129. The number of hydrogen-bond acceptors (Lipinski definition) is 7. The Morgan fingerprint density at radius 2 is 1.88 bits per heavy atom. The van der Waals surface area contributed by atoms with Gasteiger partial charge in [0.2, 0.25) is 0 Å². The number of carboxylic acid groups (broad SMARTS) is 1. The number of thiophene rings is 1. The number of aliphatic carboxylic acids is 1. The average molecular weight is 534 g/mol. The molecular weight excluding hydrogens is 509 g/mol. The summed E-state index contributed by atoms with van der Waals surface area (Å²) in [6, 6.07) is 11.0. The minimum absolute atomic E-state index is 0.0126. The van der Waals surface area contributed by atoms with Crippen molar-refractivity contribution >= 4 is 56.2 Å². The van der Waals surface area contributed by atoms with E-state index in [0.717, 1.165) is 22.8 Å². The van der Waals surface area contributed by atoms with Gasteiger partial charge in [-0.25, -0.2) is 13.2 Å². The van der Waals surface area contributed by atoms with Gasteiger partial charge in [0.1, 0.15) is 9.81 Å². The highest BCUT2D eigenvalue weighted by Gasteiger charge is 2.46. The average Bonchev–Trinajstić information content (AvgIpc) is 3.38. The molecule has 1 spiro atoms. The molecule has 1 saturated heterocycles. The Morgan fingerprint density at radius 1 is 1.24 bits per heavy atom. The van der Waals surface area contributed by atoms with Crippen molar-refractivity contribution in [3.05, 3.63) is 51.3 Å². The fraction of sp³-hybridized carbons (Fsp3) is 0.429. The monoisotopic (exact) mass is 533 g/mol. The van der Waals surface area contributed by atoms with E-state index in [4.69, 9.17) is 38.9 Å². The van der Waals surface area contributed by atoms with E-state index in [9.17, 15) is 13.2 Å². The van der Waals surface area contributed by atoms with Crippen LogP contribution in [0.25, 0.3) is 0 Å². The first-order chi connectivity index (χ1) is 15.5. The predicted octanol–water partition coefficient (Wildman–Crippen LogP) is 4.02. The molecule has 180 valence electrons. The minimum atomic E-state index is -3.56. The first-order valence-corrected chi connectivity index (χ1v) is 13.3. The minimum Gasteiger partial charge on any atom is -0.477 e. The van der Waals surface area contributed by atoms with Crippen LogP contribution in [0.3, 0.4) is 0 Å². The topological polar surface area (TPSA) is 122 Å². The number of hydrogen-bond donors (Lipinski definition) is 2. The van der Waals surface area contributed by atoms with E-state index < -0.39 is 21.6 Å². The number of benzene rings is 1. The van der Waals surface area contributed by atoms with Crippen LogP contribution in [0.2, 0.25) is 9.36 Å². The number of carboxylic acids is 1. The maximum Gasteiger partial charge on any atom is 0.353 e. The van der Waals surface area contributed by atoms with Crippen molar-refractivity contribution in [3.63, 3.8) is 0 Å². The van der Waals surface area contributed by atoms with E-state index in [2.05, 4.69) is 5.16 Å². The Balaban J connectivity index is 0.000000235. The van der Waals surface area contributed by atoms with E-state index in [-0.39, 0.29) is 35.5 Å². The number of nitrogens with zero attached hydrogens (tertiary/aromatic N) is 2. The second-order valence-electron chi connectivity index (χ2n) is 8.06. The molecule has 12 heteroatoms. The fourth-order valence-electron chi connectivity index (χ4n) is 3.59. The Labute approximate surface area is 207 Å². The van der Waals surface area contributed by atoms with E-state index in [1.807, 2.05) is 31.2 Å². The summed E-state index contributed by atoms with van der Waals surface area (Å²) in [4.78, 5) is 16.2. The first kappa shape index (κ1) is 25.9. The zero-order chi connectivity index (χ0) is 24.2. The number of halogens is 2. The Bertz CT molecular complexity index is 1110. The van der Waals surface area contributed by atoms with Gasteiger partial charge in [0.05, 0.1) is 4.34 Å². The van der Waals surface area contributed by atoms with Crippen LogP contribution in [0.5, 0.6) is 0 Å². The van der Waals surface area contributed by atoms with Crippen molar-refractivity contribution in [1.29, 1.82) is 0 Å². The summed E-state index contributed by atoms with van der Waals surface area (Å²) in [5, 5.41) is 13.3. The summed E-state index contributed by atoms with van der Waals surface area (Å²) in [5.74, 6) is -1.10. The molecule has 2 aliphatic rings. The Kier molecular flexibility index (Phi) is 8.41. The maximum atomic E-state index is 12.5. The van der Waals surface area contributed by atoms with E-state index in [0.29, 0.717) is 17.2 Å². The van der Waals surface area contributed by atoms with Crippen LogP contribution in [0.4, 0.5) is 0 Å². The van der Waals surface area contributed by atoms with Crippen molar-refractivity contribution < 1.29 is 23.2 Å². The zero-order valence-corrected chi connectivity index (χ0v) is 21.1. The second kappa shape index (κ2) is 10.7. The number of rotatable bonds is 5. The van der Waals surface area contributed by atoms with Crippen LogP contribution in [-0.4, -0.2) is 54.2 Å². The second-order valence-corrected chi connectivity index (χ2v) is 12.4. The molecule has 1 fully saturated rings. The molecule has 1 aromatic carbocycles. The third-order valence-corrected chi connectivity index (χ3v) is 9.18. The normalized spacial score (nSPS) is 18.7. The summed E-state index contributed by atoms with van der Waals surface area (Å²) in [6.07, 6.45) is 1.94. The molecular formula is C21H25Cl2N3O5S2. The van der Waals surface area contributed by atoms with Gasteiger partial charge in [-0.15, -0.1) is 11.3 Å². The molecule has 0 radical (unpaired) electrons. The quantitative estimate of drug-likeness (QED) is 0.598. The van der Waals surface area contributed by atoms with Gasteiger partial charge in [-0.2, -0.15) is 4.31 Å².